The zero-order chi connectivity index (χ0) is 15.5. The minimum atomic E-state index is -0.261. The number of hydrogen-bond acceptors (Lipinski definition) is 5. The maximum Gasteiger partial charge on any atom is 0.275 e. The third kappa shape index (κ3) is 3.52. The van der Waals surface area contributed by atoms with Crippen molar-refractivity contribution < 1.29 is 4.79 Å². The first-order chi connectivity index (χ1) is 10.6. The molecule has 114 valence electrons. The van der Waals surface area contributed by atoms with E-state index in [-0.39, 0.29) is 5.91 Å². The molecule has 0 spiro atoms. The van der Waals surface area contributed by atoms with Gasteiger partial charge in [0.25, 0.3) is 5.91 Å². The van der Waals surface area contributed by atoms with Gasteiger partial charge in [-0.05, 0) is 37.1 Å². The van der Waals surface area contributed by atoms with Crippen LogP contribution in [0.4, 0.5) is 17.2 Å². The SMILES string of the molecule is CN(C)c1ccc(NC(=O)c2cnc(NC3CC3)cn2)cc1. The third-order valence-corrected chi connectivity index (χ3v) is 3.46. The molecule has 1 aliphatic carbocycles. The van der Waals surface area contributed by atoms with Gasteiger partial charge in [-0.15, -0.1) is 0 Å². The molecule has 0 saturated heterocycles. The lowest BCUT2D eigenvalue weighted by molar-refractivity contribution is 0.102. The van der Waals surface area contributed by atoms with Crippen LogP contribution in [0, 0.1) is 0 Å². The van der Waals surface area contributed by atoms with Crippen LogP contribution in [0.5, 0.6) is 0 Å². The highest BCUT2D eigenvalue weighted by Crippen LogP contribution is 2.23. The smallest absolute Gasteiger partial charge is 0.275 e. The summed E-state index contributed by atoms with van der Waals surface area (Å²) in [5.74, 6) is 0.456. The molecule has 1 aromatic carbocycles. The molecule has 0 radical (unpaired) electrons. The van der Waals surface area contributed by atoms with Crippen LogP contribution >= 0.6 is 0 Å². The van der Waals surface area contributed by atoms with Crippen molar-refractivity contribution >= 4 is 23.1 Å². The number of anilines is 3. The van der Waals surface area contributed by atoms with E-state index in [1.165, 1.54) is 19.0 Å². The van der Waals surface area contributed by atoms with Gasteiger partial charge < -0.3 is 15.5 Å². The molecule has 0 bridgehead atoms. The minimum Gasteiger partial charge on any atom is -0.378 e. The molecule has 3 rings (SSSR count). The van der Waals surface area contributed by atoms with Crippen LogP contribution in [0.2, 0.25) is 0 Å². The lowest BCUT2D eigenvalue weighted by atomic mass is 10.2. The van der Waals surface area contributed by atoms with Crippen LogP contribution in [0.3, 0.4) is 0 Å². The van der Waals surface area contributed by atoms with Crippen molar-refractivity contribution in [2.75, 3.05) is 29.6 Å². The van der Waals surface area contributed by atoms with Crippen LogP contribution in [-0.2, 0) is 0 Å². The maximum absolute atomic E-state index is 12.1. The van der Waals surface area contributed by atoms with E-state index in [4.69, 9.17) is 0 Å². The molecule has 1 saturated carbocycles. The van der Waals surface area contributed by atoms with E-state index in [9.17, 15) is 4.79 Å². The van der Waals surface area contributed by atoms with Gasteiger partial charge in [0.1, 0.15) is 11.5 Å². The van der Waals surface area contributed by atoms with Crippen LogP contribution in [0.15, 0.2) is 36.7 Å². The van der Waals surface area contributed by atoms with Crippen LogP contribution in [0.1, 0.15) is 23.3 Å². The van der Waals surface area contributed by atoms with Gasteiger partial charge in [-0.3, -0.25) is 4.79 Å². The topological polar surface area (TPSA) is 70.2 Å². The molecule has 1 amide bonds. The van der Waals surface area contributed by atoms with Crippen molar-refractivity contribution in [3.63, 3.8) is 0 Å². The van der Waals surface area contributed by atoms with E-state index in [2.05, 4.69) is 20.6 Å². The second kappa shape index (κ2) is 6.01. The number of nitrogens with zero attached hydrogens (tertiary/aromatic N) is 3. The number of nitrogens with one attached hydrogen (secondary N) is 2. The summed E-state index contributed by atoms with van der Waals surface area (Å²) >= 11 is 0. The van der Waals surface area contributed by atoms with Gasteiger partial charge in [-0.1, -0.05) is 0 Å². The fraction of sp³-hybridized carbons (Fsp3) is 0.312. The highest BCUT2D eigenvalue weighted by Gasteiger charge is 2.21. The number of hydrogen-bond donors (Lipinski definition) is 2. The predicted molar refractivity (Wildman–Crippen MR) is 87.4 cm³/mol. The van der Waals surface area contributed by atoms with Crippen LogP contribution in [0.25, 0.3) is 0 Å². The largest absolute Gasteiger partial charge is 0.378 e. The van der Waals surface area contributed by atoms with Crippen LogP contribution in [-0.4, -0.2) is 36.0 Å². The normalized spacial score (nSPS) is 13.5. The van der Waals surface area contributed by atoms with Crippen molar-refractivity contribution in [3.8, 4) is 0 Å². The molecule has 1 heterocycles. The molecule has 2 N–H and O–H groups in total. The second-order valence-electron chi connectivity index (χ2n) is 5.60. The van der Waals surface area contributed by atoms with E-state index in [0.717, 1.165) is 17.2 Å². The standard InChI is InChI=1S/C16H19N5O/c1-21(2)13-7-5-12(6-8-13)20-16(22)14-9-18-15(10-17-14)19-11-3-4-11/h5-11H,3-4H2,1-2H3,(H,18,19)(H,20,22). The molecule has 6 nitrogen and oxygen atoms in total. The summed E-state index contributed by atoms with van der Waals surface area (Å²) in [6.45, 7) is 0. The molecule has 2 aromatic rings. The van der Waals surface area contributed by atoms with E-state index in [1.807, 2.05) is 43.3 Å². The first-order valence-corrected chi connectivity index (χ1v) is 7.29. The van der Waals surface area contributed by atoms with Crippen molar-refractivity contribution in [2.24, 2.45) is 0 Å². The Morgan fingerprint density at radius 2 is 1.86 bits per heavy atom. The quantitative estimate of drug-likeness (QED) is 0.886. The van der Waals surface area contributed by atoms with E-state index >= 15 is 0 Å². The molecule has 0 aliphatic heterocycles. The molecule has 1 aromatic heterocycles. The zero-order valence-corrected chi connectivity index (χ0v) is 12.7. The van der Waals surface area contributed by atoms with E-state index in [1.54, 1.807) is 6.20 Å². The summed E-state index contributed by atoms with van der Waals surface area (Å²) in [4.78, 5) is 22.5. The van der Waals surface area contributed by atoms with Crippen molar-refractivity contribution in [3.05, 3.63) is 42.4 Å². The molecule has 0 unspecified atom stereocenters. The van der Waals surface area contributed by atoms with Gasteiger partial charge in [-0.2, -0.15) is 0 Å². The first-order valence-electron chi connectivity index (χ1n) is 7.29. The zero-order valence-electron chi connectivity index (χ0n) is 12.7. The summed E-state index contributed by atoms with van der Waals surface area (Å²) in [5, 5.41) is 6.06. The molecular formula is C16H19N5O. The minimum absolute atomic E-state index is 0.261. The number of carbonyl (C=O) groups excluding carboxylic acids is 1. The van der Waals surface area contributed by atoms with Gasteiger partial charge in [0.15, 0.2) is 0 Å². The number of carbonyl (C=O) groups is 1. The fourth-order valence-electron chi connectivity index (χ4n) is 1.99. The van der Waals surface area contributed by atoms with Crippen molar-refractivity contribution in [1.29, 1.82) is 0 Å². The molecule has 22 heavy (non-hydrogen) atoms. The summed E-state index contributed by atoms with van der Waals surface area (Å²) in [5.41, 5.74) is 2.11. The lowest BCUT2D eigenvalue weighted by Gasteiger charge is -2.13. The molecule has 1 fully saturated rings. The van der Waals surface area contributed by atoms with Crippen molar-refractivity contribution in [2.45, 2.75) is 18.9 Å². The molecule has 0 atom stereocenters. The van der Waals surface area contributed by atoms with Crippen molar-refractivity contribution in [1.82, 2.24) is 9.97 Å². The average molecular weight is 297 g/mol. The van der Waals surface area contributed by atoms with Gasteiger partial charge in [0.2, 0.25) is 0 Å². The Hall–Kier alpha value is -2.63. The fourth-order valence-corrected chi connectivity index (χ4v) is 1.99. The first kappa shape index (κ1) is 14.3. The second-order valence-corrected chi connectivity index (χ2v) is 5.60. The Morgan fingerprint density at radius 3 is 2.41 bits per heavy atom. The summed E-state index contributed by atoms with van der Waals surface area (Å²) < 4.78 is 0. The Balaban J connectivity index is 1.62. The Labute approximate surface area is 129 Å². The Kier molecular flexibility index (Phi) is 3.91. The number of amides is 1. The highest BCUT2D eigenvalue weighted by molar-refractivity contribution is 6.02. The average Bonchev–Trinajstić information content (AvgIpc) is 3.32. The summed E-state index contributed by atoms with van der Waals surface area (Å²) in [7, 11) is 3.95. The van der Waals surface area contributed by atoms with Crippen LogP contribution < -0.4 is 15.5 Å². The van der Waals surface area contributed by atoms with E-state index in [0.29, 0.717) is 11.7 Å². The van der Waals surface area contributed by atoms with Gasteiger partial charge in [0, 0.05) is 31.5 Å². The van der Waals surface area contributed by atoms with Gasteiger partial charge in [-0.25, -0.2) is 9.97 Å². The number of benzene rings is 1. The molecule has 1 aliphatic rings. The molecular weight excluding hydrogens is 278 g/mol. The highest BCUT2D eigenvalue weighted by atomic mass is 16.1. The molecule has 6 heteroatoms. The predicted octanol–water partition coefficient (Wildman–Crippen LogP) is 2.37. The Morgan fingerprint density at radius 1 is 1.14 bits per heavy atom. The monoisotopic (exact) mass is 297 g/mol. The van der Waals surface area contributed by atoms with Gasteiger partial charge >= 0.3 is 0 Å². The number of aromatic nitrogens is 2. The lowest BCUT2D eigenvalue weighted by Crippen LogP contribution is -2.15. The van der Waals surface area contributed by atoms with E-state index < -0.39 is 0 Å². The summed E-state index contributed by atoms with van der Waals surface area (Å²) in [6, 6.07) is 8.14. The summed E-state index contributed by atoms with van der Waals surface area (Å²) in [6.07, 6.45) is 5.44. The maximum atomic E-state index is 12.1. The Bertz CT molecular complexity index is 647. The van der Waals surface area contributed by atoms with Gasteiger partial charge in [0.05, 0.1) is 12.4 Å². The number of rotatable bonds is 5. The third-order valence-electron chi connectivity index (χ3n) is 3.46.